The Labute approximate surface area is 141 Å². The molecule has 118 valence electrons. The minimum atomic E-state index is -0.406. The number of benzene rings is 1. The normalized spacial score (nSPS) is 15.0. The van der Waals surface area contributed by atoms with Gasteiger partial charge in [-0.3, -0.25) is 4.99 Å². The number of guanidine groups is 1. The zero-order chi connectivity index (χ0) is 14.4. The van der Waals surface area contributed by atoms with Gasteiger partial charge in [0.2, 0.25) is 0 Å². The van der Waals surface area contributed by atoms with Crippen molar-refractivity contribution in [3.8, 4) is 0 Å². The van der Waals surface area contributed by atoms with Crippen molar-refractivity contribution < 1.29 is 8.78 Å². The molecule has 1 aromatic rings. The first kappa shape index (κ1) is 18.1. The minimum absolute atomic E-state index is 0. The van der Waals surface area contributed by atoms with Gasteiger partial charge in [0.25, 0.3) is 0 Å². The number of aliphatic imine (C=N–C) groups is 1. The van der Waals surface area contributed by atoms with Gasteiger partial charge in [-0.25, -0.2) is 8.78 Å². The zero-order valence-corrected chi connectivity index (χ0v) is 14.6. The Balaban J connectivity index is 0.00000220. The lowest BCUT2D eigenvalue weighted by Crippen LogP contribution is -2.39. The Morgan fingerprint density at radius 2 is 2.00 bits per heavy atom. The van der Waals surface area contributed by atoms with Crippen molar-refractivity contribution >= 4 is 29.9 Å². The van der Waals surface area contributed by atoms with Crippen LogP contribution in [0.25, 0.3) is 0 Å². The Bertz CT molecular complexity index is 474. The van der Waals surface area contributed by atoms with Crippen molar-refractivity contribution in [3.05, 3.63) is 35.4 Å². The molecular formula is C15H22F2IN3. The van der Waals surface area contributed by atoms with E-state index in [9.17, 15) is 8.78 Å². The quantitative estimate of drug-likeness (QED) is 0.470. The molecule has 0 spiro atoms. The summed E-state index contributed by atoms with van der Waals surface area (Å²) in [5.74, 6) is 0.103. The van der Waals surface area contributed by atoms with Crippen molar-refractivity contribution in [2.75, 3.05) is 26.2 Å². The van der Waals surface area contributed by atoms with Crippen LogP contribution in [0, 0.1) is 11.6 Å². The highest BCUT2D eigenvalue weighted by Gasteiger charge is 2.15. The van der Waals surface area contributed by atoms with Gasteiger partial charge in [0.05, 0.1) is 0 Å². The highest BCUT2D eigenvalue weighted by Crippen LogP contribution is 2.11. The Kier molecular flexibility index (Phi) is 7.92. The molecule has 0 amide bonds. The van der Waals surface area contributed by atoms with Gasteiger partial charge in [-0.15, -0.1) is 24.0 Å². The van der Waals surface area contributed by atoms with Gasteiger partial charge in [-0.05, 0) is 49.9 Å². The first-order valence-electron chi connectivity index (χ1n) is 7.18. The molecule has 0 aromatic heterocycles. The highest BCUT2D eigenvalue weighted by molar-refractivity contribution is 14.0. The Hall–Kier alpha value is -0.920. The maximum absolute atomic E-state index is 13.5. The van der Waals surface area contributed by atoms with Gasteiger partial charge in [0, 0.05) is 26.2 Å². The molecule has 6 heteroatoms. The number of hydrogen-bond acceptors (Lipinski definition) is 1. The molecular weight excluding hydrogens is 387 g/mol. The number of rotatable bonds is 4. The molecule has 0 radical (unpaired) electrons. The van der Waals surface area contributed by atoms with E-state index in [4.69, 9.17) is 0 Å². The monoisotopic (exact) mass is 409 g/mol. The van der Waals surface area contributed by atoms with Crippen molar-refractivity contribution in [1.82, 2.24) is 10.2 Å². The molecule has 3 nitrogen and oxygen atoms in total. The number of likely N-dealkylation sites (tertiary alicyclic amines) is 1. The first-order chi connectivity index (χ1) is 9.70. The van der Waals surface area contributed by atoms with Gasteiger partial charge >= 0.3 is 0 Å². The van der Waals surface area contributed by atoms with E-state index in [0.29, 0.717) is 18.5 Å². The summed E-state index contributed by atoms with van der Waals surface area (Å²) in [6.45, 7) is 5.32. The summed E-state index contributed by atoms with van der Waals surface area (Å²) in [5.41, 5.74) is 0.381. The molecule has 2 rings (SSSR count). The van der Waals surface area contributed by atoms with Crippen LogP contribution in [-0.2, 0) is 6.42 Å². The van der Waals surface area contributed by atoms with E-state index >= 15 is 0 Å². The Morgan fingerprint density at radius 3 is 2.67 bits per heavy atom. The smallest absolute Gasteiger partial charge is 0.193 e. The van der Waals surface area contributed by atoms with E-state index in [-0.39, 0.29) is 29.8 Å². The largest absolute Gasteiger partial charge is 0.357 e. The topological polar surface area (TPSA) is 27.6 Å². The van der Waals surface area contributed by atoms with Gasteiger partial charge in [-0.1, -0.05) is 0 Å². The molecule has 1 aromatic carbocycles. The molecule has 0 atom stereocenters. The maximum atomic E-state index is 13.5. The summed E-state index contributed by atoms with van der Waals surface area (Å²) in [5, 5.41) is 3.24. The number of halogens is 3. The molecule has 1 N–H and O–H groups in total. The number of nitrogens with zero attached hydrogens (tertiary/aromatic N) is 2. The summed E-state index contributed by atoms with van der Waals surface area (Å²) in [6, 6.07) is 3.55. The molecule has 0 bridgehead atoms. The number of hydrogen-bond donors (Lipinski definition) is 1. The van der Waals surface area contributed by atoms with Crippen LogP contribution < -0.4 is 5.32 Å². The van der Waals surface area contributed by atoms with E-state index < -0.39 is 5.82 Å². The summed E-state index contributed by atoms with van der Waals surface area (Å²) < 4.78 is 26.6. The van der Waals surface area contributed by atoms with Crippen LogP contribution in [0.2, 0.25) is 0 Å². The van der Waals surface area contributed by atoms with Crippen molar-refractivity contribution in [1.29, 1.82) is 0 Å². The predicted molar refractivity (Wildman–Crippen MR) is 92.3 cm³/mol. The molecule has 1 aliphatic rings. The fourth-order valence-corrected chi connectivity index (χ4v) is 2.37. The lowest BCUT2D eigenvalue weighted by Gasteiger charge is -2.20. The maximum Gasteiger partial charge on any atom is 0.193 e. The third-order valence-corrected chi connectivity index (χ3v) is 3.39. The lowest BCUT2D eigenvalue weighted by molar-refractivity contribution is 0.493. The second-order valence-corrected chi connectivity index (χ2v) is 4.92. The third kappa shape index (κ3) is 5.41. The fourth-order valence-electron chi connectivity index (χ4n) is 2.37. The van der Waals surface area contributed by atoms with E-state index in [1.807, 2.05) is 6.92 Å². The summed E-state index contributed by atoms with van der Waals surface area (Å²) in [4.78, 5) is 6.72. The molecule has 1 saturated heterocycles. The average molecular weight is 409 g/mol. The second kappa shape index (κ2) is 9.17. The van der Waals surface area contributed by atoms with E-state index in [2.05, 4.69) is 15.2 Å². The van der Waals surface area contributed by atoms with Gasteiger partial charge < -0.3 is 10.2 Å². The second-order valence-electron chi connectivity index (χ2n) is 4.92. The minimum Gasteiger partial charge on any atom is -0.357 e. The van der Waals surface area contributed by atoms with Crippen LogP contribution in [0.3, 0.4) is 0 Å². The standard InChI is InChI=1S/C15H21F2N3.HI/c1-2-18-15(20-9-3-4-10-20)19-8-7-12-11-13(16)5-6-14(12)17;/h5-6,11H,2-4,7-10H2,1H3,(H,18,19);1H. The van der Waals surface area contributed by atoms with Gasteiger partial charge in [0.15, 0.2) is 5.96 Å². The molecule has 1 fully saturated rings. The van der Waals surface area contributed by atoms with Crippen LogP contribution >= 0.6 is 24.0 Å². The van der Waals surface area contributed by atoms with E-state index in [1.165, 1.54) is 25.0 Å². The molecule has 0 unspecified atom stereocenters. The summed E-state index contributed by atoms with van der Waals surface area (Å²) >= 11 is 0. The van der Waals surface area contributed by atoms with Crippen molar-refractivity contribution in [2.24, 2.45) is 4.99 Å². The van der Waals surface area contributed by atoms with Crippen molar-refractivity contribution in [3.63, 3.8) is 0 Å². The van der Waals surface area contributed by atoms with Crippen LogP contribution in [0.4, 0.5) is 8.78 Å². The van der Waals surface area contributed by atoms with E-state index in [1.54, 1.807) is 0 Å². The lowest BCUT2D eigenvalue weighted by atomic mass is 10.1. The Morgan fingerprint density at radius 1 is 1.29 bits per heavy atom. The van der Waals surface area contributed by atoms with E-state index in [0.717, 1.165) is 31.7 Å². The predicted octanol–water partition coefficient (Wildman–Crippen LogP) is 3.19. The zero-order valence-electron chi connectivity index (χ0n) is 12.2. The third-order valence-electron chi connectivity index (χ3n) is 3.39. The van der Waals surface area contributed by atoms with Gasteiger partial charge in [-0.2, -0.15) is 0 Å². The van der Waals surface area contributed by atoms with Crippen LogP contribution in [0.5, 0.6) is 0 Å². The average Bonchev–Trinajstić information content (AvgIpc) is 2.95. The fraction of sp³-hybridized carbons (Fsp3) is 0.533. The molecule has 0 saturated carbocycles. The molecule has 1 aliphatic heterocycles. The molecule has 21 heavy (non-hydrogen) atoms. The summed E-state index contributed by atoms with van der Waals surface area (Å²) in [6.07, 6.45) is 2.78. The van der Waals surface area contributed by atoms with Gasteiger partial charge in [0.1, 0.15) is 11.6 Å². The highest BCUT2D eigenvalue weighted by atomic mass is 127. The first-order valence-corrected chi connectivity index (χ1v) is 7.18. The van der Waals surface area contributed by atoms with Crippen LogP contribution in [0.15, 0.2) is 23.2 Å². The molecule has 1 heterocycles. The van der Waals surface area contributed by atoms with Crippen LogP contribution in [-0.4, -0.2) is 37.0 Å². The number of nitrogens with one attached hydrogen (secondary N) is 1. The SMILES string of the molecule is CCNC(=NCCc1cc(F)ccc1F)N1CCCC1.I. The van der Waals surface area contributed by atoms with Crippen LogP contribution in [0.1, 0.15) is 25.3 Å². The summed E-state index contributed by atoms with van der Waals surface area (Å²) in [7, 11) is 0. The van der Waals surface area contributed by atoms with Crippen molar-refractivity contribution in [2.45, 2.75) is 26.2 Å². The molecule has 0 aliphatic carbocycles.